The third-order valence-electron chi connectivity index (χ3n) is 10.6. The van der Waals surface area contributed by atoms with Gasteiger partial charge in [0, 0.05) is 28.6 Å². The molecule has 8 heteroatoms. The Morgan fingerprint density at radius 2 is 1.05 bits per heavy atom. The zero-order chi connectivity index (χ0) is 32.1. The van der Waals surface area contributed by atoms with E-state index in [1.165, 1.54) is 12.2 Å². The summed E-state index contributed by atoms with van der Waals surface area (Å²) >= 11 is 0. The van der Waals surface area contributed by atoms with E-state index in [0.717, 1.165) is 0 Å². The molecule has 2 fully saturated rings. The lowest BCUT2D eigenvalue weighted by Crippen LogP contribution is -2.71. The topological polar surface area (TPSA) is 115 Å². The van der Waals surface area contributed by atoms with Crippen LogP contribution in [0.3, 0.4) is 0 Å². The molecule has 0 aromatic rings. The van der Waals surface area contributed by atoms with E-state index in [2.05, 4.69) is 13.2 Å². The molecule has 2 aliphatic heterocycles. The molecular formula is C33H54N2O6. The van der Waals surface area contributed by atoms with Gasteiger partial charge >= 0.3 is 11.9 Å². The van der Waals surface area contributed by atoms with Crippen molar-refractivity contribution >= 4 is 23.8 Å². The largest absolute Gasteiger partial charge is 0.481 e. The van der Waals surface area contributed by atoms with E-state index in [-0.39, 0.29) is 30.1 Å². The summed E-state index contributed by atoms with van der Waals surface area (Å²) in [6, 6.07) is 0. The van der Waals surface area contributed by atoms with Crippen LogP contribution in [0.15, 0.2) is 25.3 Å². The summed E-state index contributed by atoms with van der Waals surface area (Å²) in [6.45, 7) is 28.9. The highest BCUT2D eigenvalue weighted by molar-refractivity contribution is 5.89. The molecule has 0 bridgehead atoms. The van der Waals surface area contributed by atoms with Gasteiger partial charge in [0.2, 0.25) is 11.8 Å². The number of hydrogen-bond acceptors (Lipinski definition) is 4. The van der Waals surface area contributed by atoms with Gasteiger partial charge in [-0.15, -0.1) is 0 Å². The van der Waals surface area contributed by atoms with Crippen LogP contribution < -0.4 is 0 Å². The van der Waals surface area contributed by atoms with Gasteiger partial charge in [-0.2, -0.15) is 0 Å². The lowest BCUT2D eigenvalue weighted by Gasteiger charge is -2.66. The van der Waals surface area contributed by atoms with E-state index in [1.54, 1.807) is 0 Å². The molecule has 0 aromatic carbocycles. The number of hydrogen-bond donors (Lipinski definition) is 2. The first-order chi connectivity index (χ1) is 18.4. The number of carbonyl (C=O) groups is 4. The molecule has 41 heavy (non-hydrogen) atoms. The van der Waals surface area contributed by atoms with Crippen LogP contribution in [0.4, 0.5) is 0 Å². The van der Waals surface area contributed by atoms with Crippen LogP contribution in [-0.4, -0.2) is 65.9 Å². The zero-order valence-electron chi connectivity index (χ0n) is 27.3. The van der Waals surface area contributed by atoms with Crippen molar-refractivity contribution in [1.29, 1.82) is 0 Å². The van der Waals surface area contributed by atoms with Gasteiger partial charge < -0.3 is 20.0 Å². The summed E-state index contributed by atoms with van der Waals surface area (Å²) in [5.41, 5.74) is -5.06. The Bertz CT molecular complexity index is 1000. The summed E-state index contributed by atoms with van der Waals surface area (Å²) in [5, 5.41) is 21.3. The first kappa shape index (κ1) is 34.6. The van der Waals surface area contributed by atoms with Gasteiger partial charge in [-0.3, -0.25) is 19.2 Å². The highest BCUT2D eigenvalue weighted by atomic mass is 16.4. The minimum atomic E-state index is -1.36. The molecule has 0 spiro atoms. The van der Waals surface area contributed by atoms with Crippen molar-refractivity contribution in [3.05, 3.63) is 25.3 Å². The minimum Gasteiger partial charge on any atom is -0.481 e. The summed E-state index contributed by atoms with van der Waals surface area (Å²) in [7, 11) is 0. The highest BCUT2D eigenvalue weighted by Crippen LogP contribution is 2.65. The fourth-order valence-electron chi connectivity index (χ4n) is 9.52. The van der Waals surface area contributed by atoms with Crippen molar-refractivity contribution in [3.63, 3.8) is 0 Å². The number of piperidine rings is 2. The molecule has 0 saturated carbocycles. The molecule has 0 aliphatic carbocycles. The third kappa shape index (κ3) is 5.72. The monoisotopic (exact) mass is 574 g/mol. The number of amides is 2. The Labute approximate surface area is 247 Å². The number of rotatable bonds is 9. The van der Waals surface area contributed by atoms with E-state index in [4.69, 9.17) is 0 Å². The molecule has 1 unspecified atom stereocenters. The predicted molar refractivity (Wildman–Crippen MR) is 161 cm³/mol. The molecular weight excluding hydrogens is 520 g/mol. The van der Waals surface area contributed by atoms with Crippen molar-refractivity contribution in [2.45, 2.75) is 130 Å². The molecule has 232 valence electrons. The predicted octanol–water partition coefficient (Wildman–Crippen LogP) is 6.16. The number of carboxylic acid groups (broad SMARTS) is 2. The molecule has 8 nitrogen and oxygen atoms in total. The maximum atomic E-state index is 14.1. The lowest BCUT2D eigenvalue weighted by molar-refractivity contribution is -0.206. The van der Waals surface area contributed by atoms with Gasteiger partial charge in [-0.25, -0.2) is 0 Å². The normalized spacial score (nSPS) is 23.4. The van der Waals surface area contributed by atoms with Crippen molar-refractivity contribution in [2.24, 2.45) is 28.6 Å². The highest BCUT2D eigenvalue weighted by Gasteiger charge is 2.68. The number of nitrogens with zero attached hydrogens (tertiary/aromatic N) is 2. The lowest BCUT2D eigenvalue weighted by atomic mass is 9.43. The van der Waals surface area contributed by atoms with Crippen LogP contribution in [0.2, 0.25) is 0 Å². The smallest absolute Gasteiger partial charge is 0.310 e. The number of likely N-dealkylation sites (tertiary alicyclic amines) is 2. The summed E-state index contributed by atoms with van der Waals surface area (Å²) in [4.78, 5) is 55.9. The first-order valence-electron chi connectivity index (χ1n) is 14.8. The van der Waals surface area contributed by atoms with Crippen LogP contribution >= 0.6 is 0 Å². The van der Waals surface area contributed by atoms with Gasteiger partial charge in [0.15, 0.2) is 0 Å². The molecule has 0 radical (unpaired) electrons. The number of carbonyl (C=O) groups excluding carboxylic acids is 2. The minimum absolute atomic E-state index is 0.164. The first-order valence-corrected chi connectivity index (χ1v) is 14.8. The molecule has 2 N–H and O–H groups in total. The average Bonchev–Trinajstić information content (AvgIpc) is 2.74. The molecule has 2 saturated heterocycles. The summed E-state index contributed by atoms with van der Waals surface area (Å²) < 4.78 is 0. The van der Waals surface area contributed by atoms with E-state index >= 15 is 0 Å². The average molecular weight is 575 g/mol. The van der Waals surface area contributed by atoms with Crippen LogP contribution in [0, 0.1) is 28.6 Å². The number of carboxylic acids is 2. The van der Waals surface area contributed by atoms with Crippen molar-refractivity contribution in [2.75, 3.05) is 0 Å². The van der Waals surface area contributed by atoms with E-state index < -0.39 is 50.8 Å². The summed E-state index contributed by atoms with van der Waals surface area (Å²) in [6.07, 6.45) is 4.17. The quantitative estimate of drug-likeness (QED) is 0.319. The van der Waals surface area contributed by atoms with Crippen molar-refractivity contribution in [1.82, 2.24) is 9.80 Å². The molecule has 0 aromatic heterocycles. The van der Waals surface area contributed by atoms with Gasteiger partial charge in [-0.05, 0) is 116 Å². The fraction of sp³-hybridized carbons (Fsp3) is 0.758. The van der Waals surface area contributed by atoms with Gasteiger partial charge in [0.1, 0.15) is 0 Å². The molecule has 2 aliphatic rings. The SMILES string of the molecule is C=CC(=O)N1C(C)(C)CC(C(C(=O)O)(C2CC(C)(C)N(C(=O)C=C)C(C)(C)C2)C(C)(C)C(C)CC(=O)O)CC1(C)C. The van der Waals surface area contributed by atoms with Gasteiger partial charge in [0.25, 0.3) is 0 Å². The third-order valence-corrected chi connectivity index (χ3v) is 10.6. The second-order valence-electron chi connectivity index (χ2n) is 15.6. The maximum absolute atomic E-state index is 14.1. The standard InChI is InChI=1S/C33H54N2O6/c1-14-24(36)34-28(4,5)17-22(18-29(34,6)7)33(27(40)41,32(12,13)21(3)16-26(38)39)23-19-30(8,9)35(25(37)15-2)31(10,11)20-23/h14-15,21-23H,1-2,16-20H2,3-13H3,(H,38,39)(H,40,41). The Balaban J connectivity index is 2.93. The summed E-state index contributed by atoms with van der Waals surface area (Å²) in [5.74, 6) is -3.54. The zero-order valence-corrected chi connectivity index (χ0v) is 27.3. The molecule has 1 atom stereocenters. The Kier molecular flexibility index (Phi) is 9.18. The van der Waals surface area contributed by atoms with Crippen LogP contribution in [0.1, 0.15) is 108 Å². The number of aliphatic carboxylic acids is 2. The Morgan fingerprint density at radius 3 is 1.27 bits per heavy atom. The van der Waals surface area contributed by atoms with Gasteiger partial charge in [-0.1, -0.05) is 33.9 Å². The maximum Gasteiger partial charge on any atom is 0.310 e. The van der Waals surface area contributed by atoms with E-state index in [0.29, 0.717) is 25.7 Å². The van der Waals surface area contributed by atoms with Crippen LogP contribution in [0.25, 0.3) is 0 Å². The molecule has 2 rings (SSSR count). The van der Waals surface area contributed by atoms with Gasteiger partial charge in [0.05, 0.1) is 5.41 Å². The second kappa shape index (κ2) is 10.9. The molecule has 2 heterocycles. The Hall–Kier alpha value is -2.64. The Morgan fingerprint density at radius 1 is 0.756 bits per heavy atom. The van der Waals surface area contributed by atoms with Crippen molar-refractivity contribution < 1.29 is 29.4 Å². The van der Waals surface area contributed by atoms with E-state index in [1.807, 2.05) is 86.0 Å². The van der Waals surface area contributed by atoms with Crippen LogP contribution in [-0.2, 0) is 19.2 Å². The van der Waals surface area contributed by atoms with Crippen LogP contribution in [0.5, 0.6) is 0 Å². The molecule has 2 amide bonds. The fourth-order valence-corrected chi connectivity index (χ4v) is 9.52. The second-order valence-corrected chi connectivity index (χ2v) is 15.6. The van der Waals surface area contributed by atoms with E-state index in [9.17, 15) is 29.4 Å². The van der Waals surface area contributed by atoms with Crippen molar-refractivity contribution in [3.8, 4) is 0 Å².